The molecule has 1 heterocycles. The van der Waals surface area contributed by atoms with Crippen LogP contribution in [0.1, 0.15) is 105 Å². The highest BCUT2D eigenvalue weighted by molar-refractivity contribution is 6.09. The first-order valence-corrected chi connectivity index (χ1v) is 16.2. The number of aliphatic hydroxyl groups excluding tert-OH is 1. The lowest BCUT2D eigenvalue weighted by molar-refractivity contribution is -0.104. The molecule has 0 aliphatic carbocycles. The summed E-state index contributed by atoms with van der Waals surface area (Å²) < 4.78 is 0. The molecule has 2 rings (SSSR count). The van der Waals surface area contributed by atoms with Gasteiger partial charge in [0.25, 0.3) is 0 Å². The number of aldehydes is 1. The van der Waals surface area contributed by atoms with Gasteiger partial charge in [-0.2, -0.15) is 5.10 Å². The van der Waals surface area contributed by atoms with E-state index in [4.69, 9.17) is 5.11 Å². The molecule has 0 aromatic heterocycles. The summed E-state index contributed by atoms with van der Waals surface area (Å²) in [5, 5.41) is 13.3. The number of aliphatic hydroxyl groups is 1. The lowest BCUT2D eigenvalue weighted by Gasteiger charge is -2.10. The second-order valence-electron chi connectivity index (χ2n) is 9.39. The summed E-state index contributed by atoms with van der Waals surface area (Å²) in [7, 11) is 3.71. The number of nitrogens with one attached hydrogen (secondary N) is 1. The Hall–Kier alpha value is -3.13. The monoisotopic (exact) mass is 614 g/mol. The molecule has 0 saturated carbocycles. The van der Waals surface area contributed by atoms with Crippen molar-refractivity contribution in [3.8, 4) is 0 Å². The zero-order valence-electron chi connectivity index (χ0n) is 29.9. The van der Waals surface area contributed by atoms with Gasteiger partial charge in [-0.25, -0.2) is 0 Å². The third-order valence-electron chi connectivity index (χ3n) is 5.32. The van der Waals surface area contributed by atoms with Gasteiger partial charge in [-0.1, -0.05) is 96.9 Å². The van der Waals surface area contributed by atoms with Crippen LogP contribution in [-0.4, -0.2) is 62.0 Å². The van der Waals surface area contributed by atoms with Crippen LogP contribution in [0.3, 0.4) is 0 Å². The van der Waals surface area contributed by atoms with Gasteiger partial charge in [0, 0.05) is 35.9 Å². The predicted molar refractivity (Wildman–Crippen MR) is 198 cm³/mol. The number of hydrogen-bond acceptors (Lipinski definition) is 7. The van der Waals surface area contributed by atoms with Crippen LogP contribution >= 0.6 is 0 Å². The normalized spacial score (nSPS) is 13.4. The zero-order chi connectivity index (χ0) is 34.4. The van der Waals surface area contributed by atoms with E-state index in [1.54, 1.807) is 18.4 Å². The van der Waals surface area contributed by atoms with Crippen molar-refractivity contribution < 1.29 is 9.90 Å². The van der Waals surface area contributed by atoms with Gasteiger partial charge < -0.3 is 15.7 Å². The van der Waals surface area contributed by atoms with Gasteiger partial charge >= 0.3 is 0 Å². The summed E-state index contributed by atoms with van der Waals surface area (Å²) >= 11 is 0. The second-order valence-corrected chi connectivity index (χ2v) is 9.39. The summed E-state index contributed by atoms with van der Waals surface area (Å²) in [6, 6.07) is 7.74. The Morgan fingerprint density at radius 3 is 2.14 bits per heavy atom. The van der Waals surface area contributed by atoms with Crippen LogP contribution in [-0.2, 0) is 11.2 Å². The average Bonchev–Trinajstić information content (AvgIpc) is 3.29. The van der Waals surface area contributed by atoms with Gasteiger partial charge in [0.1, 0.15) is 6.29 Å². The number of allylic oxidation sites excluding steroid dienone is 6. The van der Waals surface area contributed by atoms with Crippen molar-refractivity contribution in [2.75, 3.05) is 33.8 Å². The van der Waals surface area contributed by atoms with Crippen LogP contribution in [0, 0.1) is 0 Å². The number of rotatable bonds is 10. The molecule has 0 unspecified atom stereocenters. The van der Waals surface area contributed by atoms with Gasteiger partial charge in [-0.05, 0) is 91.3 Å². The third kappa shape index (κ3) is 33.4. The molecule has 1 aliphatic rings. The van der Waals surface area contributed by atoms with E-state index in [2.05, 4.69) is 66.6 Å². The van der Waals surface area contributed by atoms with Crippen molar-refractivity contribution in [3.63, 3.8) is 0 Å². The first-order chi connectivity index (χ1) is 21.3. The van der Waals surface area contributed by atoms with Crippen molar-refractivity contribution in [2.45, 2.75) is 100 Å². The highest BCUT2D eigenvalue weighted by atomic mass is 16.3. The van der Waals surface area contributed by atoms with Crippen molar-refractivity contribution in [1.82, 2.24) is 10.3 Å². The van der Waals surface area contributed by atoms with Crippen LogP contribution in [0.25, 0.3) is 0 Å². The average molecular weight is 614 g/mol. The van der Waals surface area contributed by atoms with Crippen LogP contribution < -0.4 is 11.2 Å². The van der Waals surface area contributed by atoms with Crippen molar-refractivity contribution in [1.29, 1.82) is 0 Å². The molecule has 1 saturated heterocycles. The van der Waals surface area contributed by atoms with Crippen molar-refractivity contribution in [3.05, 3.63) is 83.7 Å². The summed E-state index contributed by atoms with van der Waals surface area (Å²) in [5.41, 5.74) is 11.4. The molecule has 0 atom stereocenters. The van der Waals surface area contributed by atoms with Crippen molar-refractivity contribution in [2.24, 2.45) is 15.8 Å². The molecule has 7 nitrogen and oxygen atoms in total. The molecular weight excluding hydrogens is 546 g/mol. The molecule has 1 aliphatic heterocycles. The number of carbonyl (C=O) groups is 1. The first kappa shape index (κ1) is 47.8. The van der Waals surface area contributed by atoms with Crippen LogP contribution in [0.4, 0.5) is 0 Å². The predicted octanol–water partition coefficient (Wildman–Crippen LogP) is 8.26. The quantitative estimate of drug-likeness (QED) is 0.0810. The maximum absolute atomic E-state index is 10.6. The zero-order valence-corrected chi connectivity index (χ0v) is 29.9. The summed E-state index contributed by atoms with van der Waals surface area (Å²) in [4.78, 5) is 17.1. The second kappa shape index (κ2) is 39.9. The number of aliphatic imine (C=N–C) groups is 1. The molecule has 7 heteroatoms. The minimum absolute atomic E-state index is 0.102. The van der Waals surface area contributed by atoms with E-state index in [1.165, 1.54) is 52.2 Å². The lowest BCUT2D eigenvalue weighted by atomic mass is 10.0. The molecule has 0 amide bonds. The molecule has 0 bridgehead atoms. The largest absolute Gasteiger partial charge is 0.396 e. The topological polar surface area (TPSA) is 103 Å². The Bertz CT molecular complexity index is 926. The molecule has 1 aromatic rings. The van der Waals surface area contributed by atoms with Gasteiger partial charge in [-0.15, -0.1) is 0 Å². The van der Waals surface area contributed by atoms with E-state index in [1.807, 2.05) is 71.2 Å². The number of nitrogens with two attached hydrogens (primary N) is 1. The molecule has 0 radical (unpaired) electrons. The molecular formula is C37H67N5O2. The van der Waals surface area contributed by atoms with Crippen LogP contribution in [0.2, 0.25) is 0 Å². The molecule has 4 N–H and O–H groups in total. The van der Waals surface area contributed by atoms with Crippen LogP contribution in [0.5, 0.6) is 0 Å². The summed E-state index contributed by atoms with van der Waals surface area (Å²) in [6.07, 6.45) is 20.1. The maximum Gasteiger partial charge on any atom is 0.149 e. The Balaban J connectivity index is -0.000000285. The van der Waals surface area contributed by atoms with E-state index < -0.39 is 0 Å². The molecule has 252 valence electrons. The Labute approximate surface area is 271 Å². The van der Waals surface area contributed by atoms with E-state index >= 15 is 0 Å². The smallest absolute Gasteiger partial charge is 0.149 e. The lowest BCUT2D eigenvalue weighted by Crippen LogP contribution is -2.18. The summed E-state index contributed by atoms with van der Waals surface area (Å²) in [6.45, 7) is 22.5. The Morgan fingerprint density at radius 1 is 1.07 bits per heavy atom. The number of carbonyl (C=O) groups excluding carboxylic acids is 1. The molecule has 0 spiro atoms. The van der Waals surface area contributed by atoms with Gasteiger partial charge in [0.05, 0.1) is 5.71 Å². The van der Waals surface area contributed by atoms with Gasteiger partial charge in [-0.3, -0.25) is 15.2 Å². The highest BCUT2D eigenvalue weighted by Gasteiger charge is 2.03. The minimum atomic E-state index is 0.102. The van der Waals surface area contributed by atoms with Crippen LogP contribution in [0.15, 0.2) is 82.7 Å². The Kier molecular flexibility index (Phi) is 43.3. The first-order valence-electron chi connectivity index (χ1n) is 16.2. The van der Waals surface area contributed by atoms with E-state index in [0.717, 1.165) is 23.2 Å². The summed E-state index contributed by atoms with van der Waals surface area (Å²) in [5.74, 6) is 0. The van der Waals surface area contributed by atoms with E-state index in [-0.39, 0.29) is 6.61 Å². The number of nitrogens with zero attached hydrogens (tertiary/aromatic N) is 3. The number of hydrogen-bond donors (Lipinski definition) is 3. The number of likely N-dealkylation sites (tertiary alicyclic amines) is 1. The highest BCUT2D eigenvalue weighted by Crippen LogP contribution is 2.09. The molecule has 1 aromatic carbocycles. The Morgan fingerprint density at radius 2 is 1.66 bits per heavy atom. The molecule has 1 fully saturated rings. The maximum atomic E-state index is 10.6. The standard InChI is InChI=1S/C17H20N2O2.C7H15N.C7H13N.C3H8.C2H6.CH5N/c1-3-10-18-19-17(8-7-14(2)13-21)16-6-4-5-15(12-16)9-11-20;1-8-6-4-2-3-5-7-8;1-4-6-7(3)8-5-2;1-3-2;2*1-2/h3-8,10,12-13,18,20H,2,9,11H2,1H3;2-7H2,1H3;5-6H,4H2,1-3H3;3H2,1-2H3;1-2H3;2H2,1H3/b8-7+,10-3+,19-17+;;7-6-,8-5?;;;. The fraction of sp³-hybridized carbons (Fsp3) is 0.541. The minimum Gasteiger partial charge on any atom is -0.396 e. The van der Waals surface area contributed by atoms with Gasteiger partial charge in [0.15, 0.2) is 0 Å². The van der Waals surface area contributed by atoms with Gasteiger partial charge in [0.2, 0.25) is 0 Å². The van der Waals surface area contributed by atoms with E-state index in [0.29, 0.717) is 24.0 Å². The molecule has 44 heavy (non-hydrogen) atoms. The fourth-order valence-electron chi connectivity index (χ4n) is 3.40. The number of hydrazone groups is 1. The fourth-order valence-corrected chi connectivity index (χ4v) is 3.40. The third-order valence-corrected chi connectivity index (χ3v) is 5.32. The van der Waals surface area contributed by atoms with Crippen molar-refractivity contribution >= 4 is 18.2 Å². The SMILES string of the molecule is C=C(C=O)/C=C/C(=N\N/C=C/C)c1cccc(CCO)c1.CC.CC=N/C(C)=C\CC.CCC.CN.CN1CCCCCC1. The van der Waals surface area contributed by atoms with E-state index in [9.17, 15) is 4.79 Å². The number of benzene rings is 1.